The number of halogens is 1. The SMILES string of the molecule is CC(C)(C)C(C(=O)O)C(=O)CI. The summed E-state index contributed by atoms with van der Waals surface area (Å²) < 4.78 is 0.256. The van der Waals surface area contributed by atoms with Gasteiger partial charge in [0, 0.05) is 0 Å². The Morgan fingerprint density at radius 1 is 1.42 bits per heavy atom. The van der Waals surface area contributed by atoms with Crippen molar-refractivity contribution in [3.05, 3.63) is 0 Å². The predicted octanol–water partition coefficient (Wildman–Crippen LogP) is 1.74. The van der Waals surface area contributed by atoms with Crippen LogP contribution in [0.1, 0.15) is 20.8 Å². The Kier molecular flexibility index (Phi) is 4.16. The van der Waals surface area contributed by atoms with Gasteiger partial charge in [-0.05, 0) is 5.41 Å². The quantitative estimate of drug-likeness (QED) is 0.488. The zero-order valence-corrected chi connectivity index (χ0v) is 9.58. The summed E-state index contributed by atoms with van der Waals surface area (Å²) in [4.78, 5) is 21.9. The summed E-state index contributed by atoms with van der Waals surface area (Å²) in [6.07, 6.45) is 0. The number of carbonyl (C=O) groups excluding carboxylic acids is 1. The first-order valence-corrected chi connectivity index (χ1v) is 5.14. The van der Waals surface area contributed by atoms with Crippen molar-refractivity contribution >= 4 is 34.3 Å². The molecule has 0 aromatic rings. The van der Waals surface area contributed by atoms with E-state index in [1.807, 2.05) is 22.6 Å². The molecular formula is C8H13IO3. The molecule has 12 heavy (non-hydrogen) atoms. The smallest absolute Gasteiger partial charge is 0.314 e. The molecule has 0 aliphatic heterocycles. The second-order valence-electron chi connectivity index (χ2n) is 3.74. The molecule has 0 radical (unpaired) electrons. The molecule has 1 atom stereocenters. The Hall–Kier alpha value is -0.130. The van der Waals surface area contributed by atoms with Gasteiger partial charge in [-0.2, -0.15) is 0 Å². The van der Waals surface area contributed by atoms with E-state index in [-0.39, 0.29) is 10.2 Å². The molecule has 0 aromatic carbocycles. The summed E-state index contributed by atoms with van der Waals surface area (Å²) in [5, 5.41) is 8.79. The van der Waals surface area contributed by atoms with Crippen molar-refractivity contribution in [3.63, 3.8) is 0 Å². The summed E-state index contributed by atoms with van der Waals surface area (Å²) in [5.74, 6) is -2.12. The van der Waals surface area contributed by atoms with Gasteiger partial charge in [0.15, 0.2) is 5.78 Å². The van der Waals surface area contributed by atoms with E-state index in [9.17, 15) is 9.59 Å². The van der Waals surface area contributed by atoms with Crippen LogP contribution in [-0.4, -0.2) is 21.3 Å². The van der Waals surface area contributed by atoms with E-state index in [2.05, 4.69) is 0 Å². The van der Waals surface area contributed by atoms with E-state index in [1.54, 1.807) is 20.8 Å². The highest BCUT2D eigenvalue weighted by Gasteiger charge is 2.36. The van der Waals surface area contributed by atoms with Gasteiger partial charge < -0.3 is 5.11 Å². The number of carboxylic acid groups (broad SMARTS) is 1. The van der Waals surface area contributed by atoms with Crippen molar-refractivity contribution in [2.75, 3.05) is 4.43 Å². The second-order valence-corrected chi connectivity index (χ2v) is 4.50. The molecule has 1 N–H and O–H groups in total. The number of alkyl halides is 1. The first-order valence-electron chi connectivity index (χ1n) is 3.62. The van der Waals surface area contributed by atoms with E-state index >= 15 is 0 Å². The van der Waals surface area contributed by atoms with Gasteiger partial charge in [0.2, 0.25) is 0 Å². The number of Topliss-reactive ketones (excluding diaryl/α,β-unsaturated/α-hetero) is 1. The molecule has 0 aliphatic rings. The Balaban J connectivity index is 4.68. The third kappa shape index (κ3) is 3.08. The van der Waals surface area contributed by atoms with Gasteiger partial charge in [0.25, 0.3) is 0 Å². The van der Waals surface area contributed by atoms with E-state index in [4.69, 9.17) is 5.11 Å². The Morgan fingerprint density at radius 3 is 1.92 bits per heavy atom. The fourth-order valence-corrected chi connectivity index (χ4v) is 1.51. The van der Waals surface area contributed by atoms with Crippen molar-refractivity contribution in [2.45, 2.75) is 20.8 Å². The lowest BCUT2D eigenvalue weighted by Crippen LogP contribution is -2.36. The van der Waals surface area contributed by atoms with Crippen LogP contribution in [0.5, 0.6) is 0 Å². The minimum atomic E-state index is -1.02. The molecule has 0 aliphatic carbocycles. The number of hydrogen-bond donors (Lipinski definition) is 1. The maximum Gasteiger partial charge on any atom is 0.314 e. The van der Waals surface area contributed by atoms with Crippen LogP contribution in [0.2, 0.25) is 0 Å². The van der Waals surface area contributed by atoms with Crippen molar-refractivity contribution in [1.82, 2.24) is 0 Å². The lowest BCUT2D eigenvalue weighted by atomic mass is 9.78. The largest absolute Gasteiger partial charge is 0.481 e. The molecule has 0 bridgehead atoms. The highest BCUT2D eigenvalue weighted by atomic mass is 127. The molecule has 0 aromatic heterocycles. The predicted molar refractivity (Wildman–Crippen MR) is 54.5 cm³/mol. The van der Waals surface area contributed by atoms with Crippen LogP contribution in [-0.2, 0) is 9.59 Å². The molecule has 0 spiro atoms. The molecule has 4 heteroatoms. The fourth-order valence-electron chi connectivity index (χ4n) is 1.07. The van der Waals surface area contributed by atoms with Crippen LogP contribution in [0.3, 0.4) is 0 Å². The molecular weight excluding hydrogens is 271 g/mol. The number of ketones is 1. The van der Waals surface area contributed by atoms with E-state index < -0.39 is 17.3 Å². The number of carboxylic acids is 1. The minimum Gasteiger partial charge on any atom is -0.481 e. The third-order valence-electron chi connectivity index (χ3n) is 1.57. The van der Waals surface area contributed by atoms with Gasteiger partial charge in [-0.25, -0.2) is 0 Å². The summed E-state index contributed by atoms with van der Waals surface area (Å²) in [6, 6.07) is 0. The van der Waals surface area contributed by atoms with Crippen LogP contribution in [0.15, 0.2) is 0 Å². The molecule has 0 heterocycles. The van der Waals surface area contributed by atoms with Crippen LogP contribution >= 0.6 is 22.6 Å². The Morgan fingerprint density at radius 2 is 1.83 bits per heavy atom. The van der Waals surface area contributed by atoms with Gasteiger partial charge in [-0.3, -0.25) is 9.59 Å². The van der Waals surface area contributed by atoms with Crippen molar-refractivity contribution in [1.29, 1.82) is 0 Å². The lowest BCUT2D eigenvalue weighted by Gasteiger charge is -2.24. The maximum atomic E-state index is 11.2. The lowest BCUT2D eigenvalue weighted by molar-refractivity contribution is -0.149. The average Bonchev–Trinajstić information content (AvgIpc) is 1.83. The van der Waals surface area contributed by atoms with Gasteiger partial charge in [-0.15, -0.1) is 0 Å². The molecule has 0 saturated heterocycles. The summed E-state index contributed by atoms with van der Waals surface area (Å²) >= 11 is 1.89. The molecule has 70 valence electrons. The van der Waals surface area contributed by atoms with Gasteiger partial charge in [-0.1, -0.05) is 43.4 Å². The Labute approximate surface area is 85.7 Å². The molecule has 0 saturated carbocycles. The Bertz CT molecular complexity index is 193. The van der Waals surface area contributed by atoms with Gasteiger partial charge >= 0.3 is 5.97 Å². The molecule has 1 unspecified atom stereocenters. The van der Waals surface area contributed by atoms with Gasteiger partial charge in [0.1, 0.15) is 5.92 Å². The molecule has 0 amide bonds. The highest BCUT2D eigenvalue weighted by Crippen LogP contribution is 2.27. The number of hydrogen-bond acceptors (Lipinski definition) is 2. The van der Waals surface area contributed by atoms with Crippen molar-refractivity contribution in [3.8, 4) is 0 Å². The monoisotopic (exact) mass is 284 g/mol. The van der Waals surface area contributed by atoms with Crippen LogP contribution in [0.25, 0.3) is 0 Å². The van der Waals surface area contributed by atoms with E-state index in [0.29, 0.717) is 0 Å². The van der Waals surface area contributed by atoms with E-state index in [1.165, 1.54) is 0 Å². The summed E-state index contributed by atoms with van der Waals surface area (Å²) in [6.45, 7) is 5.28. The number of rotatable bonds is 3. The fraction of sp³-hybridized carbons (Fsp3) is 0.750. The number of aliphatic carboxylic acids is 1. The van der Waals surface area contributed by atoms with Crippen LogP contribution < -0.4 is 0 Å². The van der Waals surface area contributed by atoms with Gasteiger partial charge in [0.05, 0.1) is 4.43 Å². The molecule has 0 fully saturated rings. The average molecular weight is 284 g/mol. The first-order chi connectivity index (χ1) is 5.30. The summed E-state index contributed by atoms with van der Waals surface area (Å²) in [7, 11) is 0. The topological polar surface area (TPSA) is 54.4 Å². The minimum absolute atomic E-state index is 0.212. The zero-order chi connectivity index (χ0) is 9.94. The van der Waals surface area contributed by atoms with Crippen molar-refractivity contribution in [2.24, 2.45) is 11.3 Å². The maximum absolute atomic E-state index is 11.2. The van der Waals surface area contributed by atoms with E-state index in [0.717, 1.165) is 0 Å². The molecule has 0 rings (SSSR count). The number of carbonyl (C=O) groups is 2. The third-order valence-corrected chi connectivity index (χ3v) is 2.32. The second kappa shape index (κ2) is 4.20. The zero-order valence-electron chi connectivity index (χ0n) is 7.43. The molecule has 3 nitrogen and oxygen atoms in total. The summed E-state index contributed by atoms with van der Waals surface area (Å²) in [5.41, 5.74) is -0.492. The normalized spacial score (nSPS) is 14.0. The van der Waals surface area contributed by atoms with Crippen LogP contribution in [0.4, 0.5) is 0 Å². The standard InChI is InChI=1S/C8H13IO3/c1-8(2,3)6(7(11)12)5(10)4-9/h6H,4H2,1-3H3,(H,11,12). The van der Waals surface area contributed by atoms with Crippen LogP contribution in [0, 0.1) is 11.3 Å². The first kappa shape index (κ1) is 11.9. The van der Waals surface area contributed by atoms with Crippen molar-refractivity contribution < 1.29 is 14.7 Å². The highest BCUT2D eigenvalue weighted by molar-refractivity contribution is 14.1.